The van der Waals surface area contributed by atoms with Crippen molar-refractivity contribution in [2.45, 2.75) is 83.5 Å². The zero-order chi connectivity index (χ0) is 27.4. The molecule has 2 fully saturated rings. The number of hydrogen-bond acceptors (Lipinski definition) is 8. The van der Waals surface area contributed by atoms with Crippen LogP contribution in [-0.4, -0.2) is 37.7 Å². The van der Waals surface area contributed by atoms with Crippen molar-refractivity contribution < 1.29 is 18.2 Å². The zero-order valence-corrected chi connectivity index (χ0v) is 22.7. The van der Waals surface area contributed by atoms with Gasteiger partial charge in [-0.15, -0.1) is 0 Å². The molecular weight excluding hydrogens is 499 g/mol. The molecule has 3 aromatic heterocycles. The summed E-state index contributed by atoms with van der Waals surface area (Å²) < 4.78 is 24.5. The summed E-state index contributed by atoms with van der Waals surface area (Å²) in [5.41, 5.74) is 2.90. The fourth-order valence-corrected chi connectivity index (χ4v) is 5.49. The first-order valence-corrected chi connectivity index (χ1v) is 13.6. The number of aromatic nitrogens is 5. The van der Waals surface area contributed by atoms with E-state index in [2.05, 4.69) is 52.6 Å². The molecule has 0 unspecified atom stereocenters. The van der Waals surface area contributed by atoms with Gasteiger partial charge in [0, 0.05) is 42.5 Å². The standard InChI is InChI=1S/C29H33FN6O3/c1-17(30)5-8-23(37)36(22-13-19(10-12-31-22)26-32-24(34-38-26)18-6-7-18)16-29-11-9-21(20(14-29)15-29)25-33-27(39-35-25)28(2,3)4/h10,12-13,18H,1,5-9,11,14-16H2,2-4H3. The topological polar surface area (TPSA) is 111 Å². The van der Waals surface area contributed by atoms with Gasteiger partial charge in [-0.1, -0.05) is 43.2 Å². The highest BCUT2D eigenvalue weighted by Crippen LogP contribution is 2.57. The maximum Gasteiger partial charge on any atom is 0.258 e. The van der Waals surface area contributed by atoms with Crippen LogP contribution in [0.25, 0.3) is 17.0 Å². The minimum Gasteiger partial charge on any atom is -0.338 e. The molecule has 1 amide bonds. The third-order valence-electron chi connectivity index (χ3n) is 7.90. The average molecular weight is 533 g/mol. The quantitative estimate of drug-likeness (QED) is 0.315. The van der Waals surface area contributed by atoms with Gasteiger partial charge in [-0.05, 0) is 61.6 Å². The molecule has 10 heteroatoms. The van der Waals surface area contributed by atoms with Crippen LogP contribution in [0.5, 0.6) is 0 Å². The van der Waals surface area contributed by atoms with E-state index in [-0.39, 0.29) is 29.6 Å². The largest absolute Gasteiger partial charge is 0.338 e. The summed E-state index contributed by atoms with van der Waals surface area (Å²) in [5.74, 6) is 2.62. The van der Waals surface area contributed by atoms with E-state index >= 15 is 0 Å². The van der Waals surface area contributed by atoms with Gasteiger partial charge < -0.3 is 9.05 Å². The summed E-state index contributed by atoms with van der Waals surface area (Å²) >= 11 is 0. The molecule has 2 bridgehead atoms. The molecule has 39 heavy (non-hydrogen) atoms. The summed E-state index contributed by atoms with van der Waals surface area (Å²) in [4.78, 5) is 28.8. The number of carbonyl (C=O) groups excluding carboxylic acids is 1. The Balaban J connectivity index is 1.24. The van der Waals surface area contributed by atoms with E-state index in [0.717, 1.165) is 49.9 Å². The van der Waals surface area contributed by atoms with Gasteiger partial charge in [0.05, 0.1) is 5.83 Å². The Morgan fingerprint density at radius 1 is 1.18 bits per heavy atom. The molecule has 0 radical (unpaired) electrons. The van der Waals surface area contributed by atoms with Crippen molar-refractivity contribution in [1.29, 1.82) is 0 Å². The molecule has 3 heterocycles. The van der Waals surface area contributed by atoms with Gasteiger partial charge >= 0.3 is 0 Å². The lowest BCUT2D eigenvalue weighted by molar-refractivity contribution is -0.119. The van der Waals surface area contributed by atoms with Crippen LogP contribution in [-0.2, 0) is 10.2 Å². The van der Waals surface area contributed by atoms with Gasteiger partial charge in [0.1, 0.15) is 5.82 Å². The van der Waals surface area contributed by atoms with Crippen molar-refractivity contribution in [2.24, 2.45) is 5.41 Å². The van der Waals surface area contributed by atoms with Crippen LogP contribution in [0.4, 0.5) is 10.2 Å². The highest BCUT2D eigenvalue weighted by Gasteiger charge is 2.48. The molecule has 204 valence electrons. The Bertz CT molecular complexity index is 1450. The SMILES string of the molecule is C=C(F)CCC(=O)N(CC12CCC(c3noc(C(C)(C)C)n3)=C(C1)C2)c1cc(-c2nc(C3CC3)no2)ccn1. The van der Waals surface area contributed by atoms with Crippen molar-refractivity contribution >= 4 is 17.3 Å². The van der Waals surface area contributed by atoms with Crippen molar-refractivity contribution in [2.75, 3.05) is 11.4 Å². The molecule has 7 rings (SSSR count). The van der Waals surface area contributed by atoms with Gasteiger partial charge in [0.2, 0.25) is 11.8 Å². The Hall–Kier alpha value is -3.69. The number of amides is 1. The smallest absolute Gasteiger partial charge is 0.258 e. The number of halogens is 1. The van der Waals surface area contributed by atoms with E-state index in [9.17, 15) is 9.18 Å². The van der Waals surface area contributed by atoms with Crippen molar-refractivity contribution in [3.05, 3.63) is 53.8 Å². The zero-order valence-electron chi connectivity index (χ0n) is 22.7. The maximum atomic E-state index is 13.5. The normalized spacial score (nSPS) is 18.2. The van der Waals surface area contributed by atoms with Crippen LogP contribution in [0.15, 0.2) is 45.4 Å². The molecule has 9 nitrogen and oxygen atoms in total. The number of anilines is 1. The van der Waals surface area contributed by atoms with Gasteiger partial charge in [-0.25, -0.2) is 9.37 Å². The van der Waals surface area contributed by atoms with Crippen molar-refractivity contribution in [3.63, 3.8) is 0 Å². The predicted octanol–water partition coefficient (Wildman–Crippen LogP) is 6.31. The Kier molecular flexibility index (Phi) is 6.23. The second-order valence-electron chi connectivity index (χ2n) is 12.2. The number of fused-ring (bicyclic) bond motifs is 2. The van der Waals surface area contributed by atoms with E-state index in [4.69, 9.17) is 9.05 Å². The van der Waals surface area contributed by atoms with Crippen LogP contribution in [0.1, 0.15) is 95.6 Å². The third-order valence-corrected chi connectivity index (χ3v) is 7.90. The van der Waals surface area contributed by atoms with Crippen LogP contribution < -0.4 is 4.90 Å². The Labute approximate surface area is 226 Å². The fraction of sp³-hybridized carbons (Fsp3) is 0.517. The van der Waals surface area contributed by atoms with E-state index < -0.39 is 5.83 Å². The Morgan fingerprint density at radius 2 is 1.97 bits per heavy atom. The van der Waals surface area contributed by atoms with Crippen molar-refractivity contribution in [1.82, 2.24) is 25.3 Å². The first-order valence-electron chi connectivity index (χ1n) is 13.6. The van der Waals surface area contributed by atoms with Crippen LogP contribution >= 0.6 is 0 Å². The molecule has 2 saturated carbocycles. The van der Waals surface area contributed by atoms with Crippen LogP contribution in [0, 0.1) is 5.41 Å². The van der Waals surface area contributed by atoms with E-state index in [1.807, 2.05) is 0 Å². The first kappa shape index (κ1) is 25.6. The number of nitrogens with zero attached hydrogens (tertiary/aromatic N) is 6. The monoisotopic (exact) mass is 532 g/mol. The van der Waals surface area contributed by atoms with E-state index in [1.54, 1.807) is 23.2 Å². The lowest BCUT2D eigenvalue weighted by atomic mass is 9.57. The van der Waals surface area contributed by atoms with Gasteiger partial charge in [0.25, 0.3) is 5.89 Å². The molecule has 0 spiro atoms. The highest BCUT2D eigenvalue weighted by molar-refractivity contribution is 5.93. The molecule has 0 aromatic carbocycles. The average Bonchev–Trinajstić information content (AvgIpc) is 3.39. The first-order chi connectivity index (χ1) is 18.6. The number of pyridine rings is 1. The van der Waals surface area contributed by atoms with E-state index in [0.29, 0.717) is 41.4 Å². The molecule has 0 N–H and O–H groups in total. The molecule has 0 saturated heterocycles. The van der Waals surface area contributed by atoms with Gasteiger partial charge in [-0.2, -0.15) is 9.97 Å². The summed E-state index contributed by atoms with van der Waals surface area (Å²) in [7, 11) is 0. The summed E-state index contributed by atoms with van der Waals surface area (Å²) in [5, 5.41) is 8.36. The Morgan fingerprint density at radius 3 is 2.62 bits per heavy atom. The molecule has 3 aromatic rings. The number of allylic oxidation sites excluding steroid dienone is 3. The minimum atomic E-state index is -0.507. The van der Waals surface area contributed by atoms with E-state index in [1.165, 1.54) is 5.57 Å². The maximum absolute atomic E-state index is 13.5. The number of carbonyl (C=O) groups is 1. The van der Waals surface area contributed by atoms with Gasteiger partial charge in [-0.3, -0.25) is 9.69 Å². The van der Waals surface area contributed by atoms with Crippen LogP contribution in [0.3, 0.4) is 0 Å². The molecule has 0 aliphatic heterocycles. The molecule has 4 aliphatic rings. The summed E-state index contributed by atoms with van der Waals surface area (Å²) in [6, 6.07) is 3.60. The lowest BCUT2D eigenvalue weighted by Crippen LogP contribution is -2.48. The second kappa shape index (κ2) is 9.50. The van der Waals surface area contributed by atoms with Gasteiger partial charge in [0.15, 0.2) is 11.6 Å². The van der Waals surface area contributed by atoms with Crippen molar-refractivity contribution in [3.8, 4) is 11.5 Å². The third kappa shape index (κ3) is 5.16. The molecular formula is C29H33FN6O3. The second-order valence-corrected chi connectivity index (χ2v) is 12.2. The number of rotatable bonds is 9. The lowest BCUT2D eigenvalue weighted by Gasteiger charge is -2.51. The molecule has 4 aliphatic carbocycles. The molecule has 0 atom stereocenters. The van der Waals surface area contributed by atoms with Crippen LogP contribution in [0.2, 0.25) is 0 Å². The fourth-order valence-electron chi connectivity index (χ4n) is 5.49. The number of hydrogen-bond donors (Lipinski definition) is 0. The predicted molar refractivity (Wildman–Crippen MR) is 142 cm³/mol. The summed E-state index contributed by atoms with van der Waals surface area (Å²) in [6.07, 6.45) is 7.23. The summed E-state index contributed by atoms with van der Waals surface area (Å²) in [6.45, 7) is 9.96. The minimum absolute atomic E-state index is 0.0142. The highest BCUT2D eigenvalue weighted by atomic mass is 19.1.